The van der Waals surface area contributed by atoms with Crippen LogP contribution in [0.25, 0.3) is 0 Å². The molecule has 0 bridgehead atoms. The highest BCUT2D eigenvalue weighted by Crippen LogP contribution is 2.23. The minimum Gasteiger partial charge on any atom is -0.342 e. The zero-order chi connectivity index (χ0) is 16.1. The van der Waals surface area contributed by atoms with E-state index in [4.69, 9.17) is 0 Å². The van der Waals surface area contributed by atoms with E-state index in [2.05, 4.69) is 0 Å². The summed E-state index contributed by atoms with van der Waals surface area (Å²) in [5.41, 5.74) is 0.283. The first-order valence-corrected chi connectivity index (χ1v) is 7.92. The van der Waals surface area contributed by atoms with Crippen LogP contribution in [-0.4, -0.2) is 42.4 Å². The predicted octanol–water partition coefficient (Wildman–Crippen LogP) is 3.36. The highest BCUT2D eigenvalue weighted by molar-refractivity contribution is 5.78. The Morgan fingerprint density at radius 2 is 1.86 bits per heavy atom. The van der Waals surface area contributed by atoms with Crippen LogP contribution in [0.3, 0.4) is 0 Å². The van der Waals surface area contributed by atoms with E-state index < -0.39 is 11.6 Å². The first-order valence-electron chi connectivity index (χ1n) is 7.92. The lowest BCUT2D eigenvalue weighted by atomic mass is 10.1. The number of nitrogens with zero attached hydrogens (tertiary/aromatic N) is 2. The fourth-order valence-electron chi connectivity index (χ4n) is 2.84. The highest BCUT2D eigenvalue weighted by atomic mass is 19.1. The van der Waals surface area contributed by atoms with Gasteiger partial charge in [-0.3, -0.25) is 9.69 Å². The van der Waals surface area contributed by atoms with Gasteiger partial charge < -0.3 is 4.90 Å². The zero-order valence-corrected chi connectivity index (χ0v) is 13.3. The summed E-state index contributed by atoms with van der Waals surface area (Å²) < 4.78 is 27.1. The van der Waals surface area contributed by atoms with Gasteiger partial charge in [0.1, 0.15) is 11.6 Å². The molecule has 5 heteroatoms. The third-order valence-corrected chi connectivity index (χ3v) is 4.41. The van der Waals surface area contributed by atoms with Gasteiger partial charge in [-0.15, -0.1) is 0 Å². The summed E-state index contributed by atoms with van der Waals surface area (Å²) in [6.45, 7) is 3.61. The van der Waals surface area contributed by atoms with Gasteiger partial charge >= 0.3 is 0 Å². The SMILES string of the molecule is CC(c1cc(F)ccc1F)N(C)CC(=O)N1CCCCCC1. The highest BCUT2D eigenvalue weighted by Gasteiger charge is 2.22. The van der Waals surface area contributed by atoms with Gasteiger partial charge in [0.15, 0.2) is 0 Å². The number of carbonyl (C=O) groups is 1. The Bertz CT molecular complexity index is 513. The molecule has 1 aromatic rings. The third kappa shape index (κ3) is 4.26. The van der Waals surface area contributed by atoms with Crippen molar-refractivity contribution in [3.05, 3.63) is 35.4 Å². The number of amides is 1. The van der Waals surface area contributed by atoms with E-state index in [-0.39, 0.29) is 24.1 Å². The average molecular weight is 310 g/mol. The van der Waals surface area contributed by atoms with Crippen molar-refractivity contribution < 1.29 is 13.6 Å². The van der Waals surface area contributed by atoms with E-state index in [1.807, 2.05) is 4.90 Å². The smallest absolute Gasteiger partial charge is 0.236 e. The standard InChI is InChI=1S/C17H24F2N2O/c1-13(15-11-14(18)7-8-16(15)19)20(2)12-17(22)21-9-5-3-4-6-10-21/h7-8,11,13H,3-6,9-10,12H2,1-2H3. The second kappa shape index (κ2) is 7.68. The molecule has 1 atom stereocenters. The normalized spacial score (nSPS) is 17.4. The molecule has 2 rings (SSSR count). The summed E-state index contributed by atoms with van der Waals surface area (Å²) in [6, 6.07) is 3.08. The summed E-state index contributed by atoms with van der Waals surface area (Å²) in [5, 5.41) is 0. The summed E-state index contributed by atoms with van der Waals surface area (Å²) >= 11 is 0. The molecule has 1 amide bonds. The van der Waals surface area contributed by atoms with E-state index in [1.54, 1.807) is 18.9 Å². The van der Waals surface area contributed by atoms with Gasteiger partial charge in [0.25, 0.3) is 0 Å². The Morgan fingerprint density at radius 1 is 1.23 bits per heavy atom. The van der Waals surface area contributed by atoms with Gasteiger partial charge in [0.05, 0.1) is 6.54 Å². The molecule has 1 fully saturated rings. The lowest BCUT2D eigenvalue weighted by molar-refractivity contribution is -0.132. The minimum absolute atomic E-state index is 0.0630. The van der Waals surface area contributed by atoms with Gasteiger partial charge in [0.2, 0.25) is 5.91 Å². The molecule has 0 spiro atoms. The molecule has 0 radical (unpaired) electrons. The third-order valence-electron chi connectivity index (χ3n) is 4.41. The molecule has 1 saturated heterocycles. The Kier molecular flexibility index (Phi) is 5.89. The van der Waals surface area contributed by atoms with Crippen LogP contribution in [0.2, 0.25) is 0 Å². The molecule has 0 aliphatic carbocycles. The lowest BCUT2D eigenvalue weighted by Gasteiger charge is -2.28. The molecule has 1 unspecified atom stereocenters. The van der Waals surface area contributed by atoms with Crippen molar-refractivity contribution in [1.29, 1.82) is 0 Å². The van der Waals surface area contributed by atoms with Gasteiger partial charge in [-0.1, -0.05) is 12.8 Å². The molecule has 1 aromatic carbocycles. The average Bonchev–Trinajstić information content (AvgIpc) is 2.78. The molecule has 0 N–H and O–H groups in total. The Morgan fingerprint density at radius 3 is 2.50 bits per heavy atom. The van der Waals surface area contributed by atoms with Crippen LogP contribution >= 0.6 is 0 Å². The van der Waals surface area contributed by atoms with Gasteiger partial charge in [-0.05, 0) is 45.0 Å². The zero-order valence-electron chi connectivity index (χ0n) is 13.3. The number of hydrogen-bond donors (Lipinski definition) is 0. The molecule has 0 saturated carbocycles. The van der Waals surface area contributed by atoms with Crippen LogP contribution in [0.15, 0.2) is 18.2 Å². The van der Waals surface area contributed by atoms with Crippen LogP contribution in [0.1, 0.15) is 44.2 Å². The van der Waals surface area contributed by atoms with Gasteiger partial charge in [-0.2, -0.15) is 0 Å². The van der Waals surface area contributed by atoms with Crippen molar-refractivity contribution in [2.75, 3.05) is 26.7 Å². The van der Waals surface area contributed by atoms with Crippen molar-refractivity contribution >= 4 is 5.91 Å². The van der Waals surface area contributed by atoms with Crippen molar-refractivity contribution in [3.63, 3.8) is 0 Å². The topological polar surface area (TPSA) is 23.6 Å². The molecule has 22 heavy (non-hydrogen) atoms. The second-order valence-corrected chi connectivity index (χ2v) is 6.05. The lowest BCUT2D eigenvalue weighted by Crippen LogP contribution is -2.40. The molecular formula is C17H24F2N2O. The van der Waals surface area contributed by atoms with Gasteiger partial charge in [0, 0.05) is 24.7 Å². The summed E-state index contributed by atoms with van der Waals surface area (Å²) in [7, 11) is 1.77. The van der Waals surface area contributed by atoms with Crippen LogP contribution < -0.4 is 0 Å². The fourth-order valence-corrected chi connectivity index (χ4v) is 2.84. The van der Waals surface area contributed by atoms with E-state index in [0.717, 1.165) is 38.1 Å². The van der Waals surface area contributed by atoms with E-state index in [0.29, 0.717) is 0 Å². The minimum atomic E-state index is -0.463. The van der Waals surface area contributed by atoms with Crippen molar-refractivity contribution in [2.45, 2.75) is 38.6 Å². The number of hydrogen-bond acceptors (Lipinski definition) is 2. The van der Waals surface area contributed by atoms with Crippen LogP contribution in [0, 0.1) is 11.6 Å². The first kappa shape index (κ1) is 16.9. The number of likely N-dealkylation sites (tertiary alicyclic amines) is 1. The van der Waals surface area contributed by atoms with Crippen LogP contribution in [-0.2, 0) is 4.79 Å². The molecule has 3 nitrogen and oxygen atoms in total. The Hall–Kier alpha value is -1.49. The number of carbonyl (C=O) groups excluding carboxylic acids is 1. The quantitative estimate of drug-likeness (QED) is 0.851. The molecule has 122 valence electrons. The van der Waals surface area contributed by atoms with E-state index >= 15 is 0 Å². The Balaban J connectivity index is 1.99. The summed E-state index contributed by atoms with van der Waals surface area (Å²) in [5.74, 6) is -0.841. The molecule has 0 aromatic heterocycles. The molecule has 1 heterocycles. The molecular weight excluding hydrogens is 286 g/mol. The van der Waals surface area contributed by atoms with Crippen molar-refractivity contribution in [1.82, 2.24) is 9.80 Å². The van der Waals surface area contributed by atoms with E-state index in [9.17, 15) is 13.6 Å². The fraction of sp³-hybridized carbons (Fsp3) is 0.588. The van der Waals surface area contributed by atoms with Crippen molar-refractivity contribution in [3.8, 4) is 0 Å². The summed E-state index contributed by atoms with van der Waals surface area (Å²) in [4.78, 5) is 16.0. The maximum atomic E-state index is 13.8. The first-order chi connectivity index (χ1) is 10.5. The van der Waals surface area contributed by atoms with Crippen LogP contribution in [0.5, 0.6) is 0 Å². The molecule has 1 aliphatic heterocycles. The van der Waals surface area contributed by atoms with Crippen molar-refractivity contribution in [2.24, 2.45) is 0 Å². The number of halogens is 2. The largest absolute Gasteiger partial charge is 0.342 e. The van der Waals surface area contributed by atoms with E-state index in [1.165, 1.54) is 18.9 Å². The maximum absolute atomic E-state index is 13.8. The number of benzene rings is 1. The second-order valence-electron chi connectivity index (χ2n) is 6.05. The molecule has 1 aliphatic rings. The summed E-state index contributed by atoms with van der Waals surface area (Å²) in [6.07, 6.45) is 4.43. The monoisotopic (exact) mass is 310 g/mol. The van der Waals surface area contributed by atoms with Crippen LogP contribution in [0.4, 0.5) is 8.78 Å². The number of rotatable bonds is 4. The predicted molar refractivity (Wildman–Crippen MR) is 82.5 cm³/mol. The Labute approximate surface area is 130 Å². The maximum Gasteiger partial charge on any atom is 0.236 e. The van der Waals surface area contributed by atoms with Gasteiger partial charge in [-0.25, -0.2) is 8.78 Å². The number of likely N-dealkylation sites (N-methyl/N-ethyl adjacent to an activating group) is 1.